The molecule has 0 radical (unpaired) electrons. The highest BCUT2D eigenvalue weighted by atomic mass is 16.5. The number of nitrogens with zero attached hydrogens (tertiary/aromatic N) is 1. The fourth-order valence-electron chi connectivity index (χ4n) is 2.18. The average Bonchev–Trinajstić information content (AvgIpc) is 2.59. The van der Waals surface area contributed by atoms with Gasteiger partial charge in [0.15, 0.2) is 11.5 Å². The zero-order valence-electron chi connectivity index (χ0n) is 14.7. The summed E-state index contributed by atoms with van der Waals surface area (Å²) >= 11 is 0. The number of hydrogen-bond acceptors (Lipinski definition) is 5. The van der Waals surface area contributed by atoms with Gasteiger partial charge < -0.3 is 20.5 Å². The monoisotopic (exact) mass is 343 g/mol. The molecule has 1 unspecified atom stereocenters. The van der Waals surface area contributed by atoms with Gasteiger partial charge in [0.1, 0.15) is 0 Å². The second kappa shape index (κ2) is 9.64. The number of aromatic nitrogens is 1. The Morgan fingerprint density at radius 2 is 2.00 bits per heavy atom. The fraction of sp³-hybridized carbons (Fsp3) is 0.368. The van der Waals surface area contributed by atoms with Crippen molar-refractivity contribution in [2.45, 2.75) is 39.3 Å². The number of benzene rings is 1. The molecule has 0 saturated heterocycles. The molecule has 2 aromatic rings. The molecule has 0 saturated carbocycles. The van der Waals surface area contributed by atoms with Crippen molar-refractivity contribution in [2.24, 2.45) is 5.73 Å². The van der Waals surface area contributed by atoms with Crippen LogP contribution in [0.3, 0.4) is 0 Å². The maximum absolute atomic E-state index is 11.8. The number of nitrogens with two attached hydrogens (primary N) is 1. The molecule has 6 nitrogen and oxygen atoms in total. The van der Waals surface area contributed by atoms with Gasteiger partial charge in [0.05, 0.1) is 6.61 Å². The lowest BCUT2D eigenvalue weighted by atomic mass is 10.2. The first kappa shape index (κ1) is 18.7. The van der Waals surface area contributed by atoms with Crippen molar-refractivity contribution >= 4 is 5.91 Å². The van der Waals surface area contributed by atoms with E-state index in [1.807, 2.05) is 37.3 Å². The van der Waals surface area contributed by atoms with Crippen LogP contribution in [0.25, 0.3) is 0 Å². The summed E-state index contributed by atoms with van der Waals surface area (Å²) in [5.74, 6) is 1.60. The highest BCUT2D eigenvalue weighted by molar-refractivity contribution is 5.76. The smallest absolute Gasteiger partial charge is 0.224 e. The van der Waals surface area contributed by atoms with E-state index in [1.165, 1.54) is 0 Å². The Morgan fingerprint density at radius 3 is 2.72 bits per heavy atom. The van der Waals surface area contributed by atoms with Gasteiger partial charge in [-0.25, -0.2) is 4.98 Å². The number of hydrogen-bond donors (Lipinski definition) is 2. The van der Waals surface area contributed by atoms with Gasteiger partial charge in [-0.3, -0.25) is 4.79 Å². The number of pyridine rings is 1. The van der Waals surface area contributed by atoms with Crippen LogP contribution in [0.1, 0.15) is 32.3 Å². The van der Waals surface area contributed by atoms with E-state index in [0.717, 1.165) is 12.0 Å². The summed E-state index contributed by atoms with van der Waals surface area (Å²) < 4.78 is 11.6. The molecule has 2 rings (SSSR count). The molecule has 1 amide bonds. The number of ether oxygens (including phenoxy) is 2. The first-order valence-corrected chi connectivity index (χ1v) is 8.46. The van der Waals surface area contributed by atoms with Crippen molar-refractivity contribution in [1.82, 2.24) is 10.3 Å². The molecular weight excluding hydrogens is 318 g/mol. The predicted octanol–water partition coefficient (Wildman–Crippen LogP) is 3.02. The predicted molar refractivity (Wildman–Crippen MR) is 96.7 cm³/mol. The molecule has 0 spiro atoms. The van der Waals surface area contributed by atoms with Crippen molar-refractivity contribution in [3.05, 3.63) is 48.2 Å². The Kier molecular flexibility index (Phi) is 7.22. The van der Waals surface area contributed by atoms with Crippen molar-refractivity contribution in [3.63, 3.8) is 0 Å². The highest BCUT2D eigenvalue weighted by Gasteiger charge is 2.12. The summed E-state index contributed by atoms with van der Waals surface area (Å²) in [6.07, 6.45) is 2.84. The molecule has 1 atom stereocenters. The lowest BCUT2D eigenvalue weighted by Crippen LogP contribution is -2.29. The largest absolute Gasteiger partial charge is 0.490 e. The van der Waals surface area contributed by atoms with Crippen LogP contribution in [0.15, 0.2) is 42.6 Å². The zero-order valence-corrected chi connectivity index (χ0v) is 14.7. The summed E-state index contributed by atoms with van der Waals surface area (Å²) in [6, 6.07) is 11.0. The minimum absolute atomic E-state index is 0.100. The molecule has 0 aliphatic rings. The Morgan fingerprint density at radius 1 is 1.24 bits per heavy atom. The third-order valence-corrected chi connectivity index (χ3v) is 3.35. The maximum atomic E-state index is 11.8. The van der Waals surface area contributed by atoms with Gasteiger partial charge in [-0.1, -0.05) is 25.1 Å². The van der Waals surface area contributed by atoms with Crippen LogP contribution in [0, 0.1) is 0 Å². The molecule has 1 aromatic heterocycles. The lowest BCUT2D eigenvalue weighted by Gasteiger charge is -2.14. The van der Waals surface area contributed by atoms with Crippen molar-refractivity contribution < 1.29 is 14.3 Å². The van der Waals surface area contributed by atoms with Crippen LogP contribution < -0.4 is 20.5 Å². The molecule has 1 heterocycles. The first-order valence-electron chi connectivity index (χ1n) is 8.46. The van der Waals surface area contributed by atoms with Gasteiger partial charge in [-0.05, 0) is 31.5 Å². The van der Waals surface area contributed by atoms with Crippen molar-refractivity contribution in [2.75, 3.05) is 6.61 Å². The number of nitrogens with one attached hydrogen (secondary N) is 1. The van der Waals surface area contributed by atoms with Crippen LogP contribution in [-0.2, 0) is 11.3 Å². The van der Waals surface area contributed by atoms with Crippen molar-refractivity contribution in [1.29, 1.82) is 0 Å². The Hall–Kier alpha value is -2.60. The molecule has 0 fully saturated rings. The van der Waals surface area contributed by atoms with Gasteiger partial charge in [-0.15, -0.1) is 0 Å². The van der Waals surface area contributed by atoms with E-state index < -0.39 is 0 Å². The maximum Gasteiger partial charge on any atom is 0.224 e. The summed E-state index contributed by atoms with van der Waals surface area (Å²) in [6.45, 7) is 4.78. The summed E-state index contributed by atoms with van der Waals surface area (Å²) in [5.41, 5.74) is 6.42. The SMILES string of the molecule is CCCOc1ccccc1Oc1ncccc1CNC(=O)CC(C)N. The van der Waals surface area contributed by atoms with E-state index in [-0.39, 0.29) is 18.4 Å². The van der Waals surface area contributed by atoms with Crippen LogP contribution in [0.5, 0.6) is 17.4 Å². The van der Waals surface area contributed by atoms with E-state index in [9.17, 15) is 4.79 Å². The number of carbonyl (C=O) groups excluding carboxylic acids is 1. The Labute approximate surface area is 148 Å². The molecule has 0 bridgehead atoms. The molecule has 0 aliphatic carbocycles. The summed E-state index contributed by atoms with van der Waals surface area (Å²) in [5, 5.41) is 2.84. The molecule has 1 aromatic carbocycles. The Bertz CT molecular complexity index is 689. The van der Waals surface area contributed by atoms with Gasteiger partial charge in [0, 0.05) is 30.8 Å². The van der Waals surface area contributed by atoms with Crippen LogP contribution >= 0.6 is 0 Å². The van der Waals surface area contributed by atoms with Gasteiger partial charge in [0.2, 0.25) is 11.8 Å². The Balaban J connectivity index is 2.09. The molecule has 0 aliphatic heterocycles. The van der Waals surface area contributed by atoms with Crippen LogP contribution in [0.2, 0.25) is 0 Å². The average molecular weight is 343 g/mol. The second-order valence-electron chi connectivity index (χ2n) is 5.82. The van der Waals surface area contributed by atoms with Crippen LogP contribution in [-0.4, -0.2) is 23.5 Å². The third kappa shape index (κ3) is 6.08. The zero-order chi connectivity index (χ0) is 18.1. The highest BCUT2D eigenvalue weighted by Crippen LogP contribution is 2.31. The number of rotatable bonds is 9. The van der Waals surface area contributed by atoms with E-state index in [1.54, 1.807) is 19.2 Å². The minimum Gasteiger partial charge on any atom is -0.490 e. The molecule has 3 N–H and O–H groups in total. The van der Waals surface area contributed by atoms with E-state index in [0.29, 0.717) is 30.5 Å². The van der Waals surface area contributed by atoms with Crippen LogP contribution in [0.4, 0.5) is 0 Å². The third-order valence-electron chi connectivity index (χ3n) is 3.35. The molecular formula is C19H25N3O3. The normalized spacial score (nSPS) is 11.6. The first-order chi connectivity index (χ1) is 12.1. The topological polar surface area (TPSA) is 86.5 Å². The quantitative estimate of drug-likeness (QED) is 0.731. The fourth-order valence-corrected chi connectivity index (χ4v) is 2.18. The summed E-state index contributed by atoms with van der Waals surface area (Å²) in [7, 11) is 0. The van der Waals surface area contributed by atoms with E-state index in [2.05, 4.69) is 10.3 Å². The number of carbonyl (C=O) groups is 1. The molecule has 25 heavy (non-hydrogen) atoms. The molecule has 134 valence electrons. The number of amides is 1. The summed E-state index contributed by atoms with van der Waals surface area (Å²) in [4.78, 5) is 16.1. The van der Waals surface area contributed by atoms with Gasteiger partial charge in [-0.2, -0.15) is 0 Å². The molecule has 6 heteroatoms. The number of para-hydroxylation sites is 2. The van der Waals surface area contributed by atoms with Crippen molar-refractivity contribution in [3.8, 4) is 17.4 Å². The lowest BCUT2D eigenvalue weighted by molar-refractivity contribution is -0.121. The standard InChI is InChI=1S/C19H25N3O3/c1-3-11-24-16-8-4-5-9-17(16)25-19-15(7-6-10-21-19)13-22-18(23)12-14(2)20/h4-10,14H,3,11-13,20H2,1-2H3,(H,22,23). The van der Waals surface area contributed by atoms with E-state index >= 15 is 0 Å². The second-order valence-corrected chi connectivity index (χ2v) is 5.82. The minimum atomic E-state index is -0.174. The van der Waals surface area contributed by atoms with Gasteiger partial charge in [0.25, 0.3) is 0 Å². The van der Waals surface area contributed by atoms with E-state index in [4.69, 9.17) is 15.2 Å². The van der Waals surface area contributed by atoms with Gasteiger partial charge >= 0.3 is 0 Å².